The second-order valence-corrected chi connectivity index (χ2v) is 6.96. The number of nitrogen functional groups attached to an aromatic ring is 1. The third kappa shape index (κ3) is 3.69. The fourth-order valence-electron chi connectivity index (χ4n) is 3.70. The van der Waals surface area contributed by atoms with E-state index in [1.54, 1.807) is 6.07 Å². The van der Waals surface area contributed by atoms with Gasteiger partial charge in [-0.05, 0) is 55.5 Å². The molecule has 0 saturated carbocycles. The van der Waals surface area contributed by atoms with Crippen molar-refractivity contribution in [2.24, 2.45) is 0 Å². The number of nitrogens with two attached hydrogens (primary N) is 1. The molecule has 132 valence electrons. The summed E-state index contributed by atoms with van der Waals surface area (Å²) in [7, 11) is 0. The van der Waals surface area contributed by atoms with Crippen molar-refractivity contribution in [1.82, 2.24) is 5.32 Å². The van der Waals surface area contributed by atoms with Gasteiger partial charge in [-0.1, -0.05) is 30.3 Å². The molecule has 4 nitrogen and oxygen atoms in total. The highest BCUT2D eigenvalue weighted by Gasteiger charge is 2.36. The van der Waals surface area contributed by atoms with E-state index in [0.29, 0.717) is 17.8 Å². The average molecular weight is 338 g/mol. The topological polar surface area (TPSA) is 64.4 Å². The van der Waals surface area contributed by atoms with Crippen molar-refractivity contribution in [2.45, 2.75) is 32.1 Å². The summed E-state index contributed by atoms with van der Waals surface area (Å²) in [5, 5.41) is 3.15. The number of hydrogen-bond acceptors (Lipinski definition) is 3. The number of carbonyl (C=O) groups is 1. The van der Waals surface area contributed by atoms with Crippen molar-refractivity contribution < 1.29 is 9.53 Å². The number of rotatable bonds is 4. The number of amides is 1. The zero-order chi connectivity index (χ0) is 17.9. The highest BCUT2D eigenvalue weighted by Crippen LogP contribution is 2.36. The zero-order valence-electron chi connectivity index (χ0n) is 15.0. The summed E-state index contributed by atoms with van der Waals surface area (Å²) in [4.78, 5) is 12.7. The van der Waals surface area contributed by atoms with E-state index in [1.807, 2.05) is 19.1 Å². The highest BCUT2D eigenvalue weighted by atomic mass is 16.5. The van der Waals surface area contributed by atoms with E-state index < -0.39 is 0 Å². The van der Waals surface area contributed by atoms with Crippen LogP contribution in [0.4, 0.5) is 5.69 Å². The Labute approximate surface area is 149 Å². The van der Waals surface area contributed by atoms with Crippen LogP contribution in [0.15, 0.2) is 42.5 Å². The minimum atomic E-state index is -0.0759. The number of anilines is 1. The number of aryl methyl sites for hydroxylation is 2. The molecule has 0 radical (unpaired) electrons. The van der Waals surface area contributed by atoms with Crippen molar-refractivity contribution in [3.05, 3.63) is 64.7 Å². The minimum Gasteiger partial charge on any atom is -0.399 e. The van der Waals surface area contributed by atoms with Gasteiger partial charge in [-0.15, -0.1) is 0 Å². The van der Waals surface area contributed by atoms with Gasteiger partial charge in [-0.2, -0.15) is 0 Å². The summed E-state index contributed by atoms with van der Waals surface area (Å²) in [6, 6.07) is 13.9. The van der Waals surface area contributed by atoms with Gasteiger partial charge in [0.25, 0.3) is 5.91 Å². The first-order valence-corrected chi connectivity index (χ1v) is 8.80. The molecule has 1 saturated heterocycles. The Kier molecular flexibility index (Phi) is 5.09. The van der Waals surface area contributed by atoms with Gasteiger partial charge in [0.15, 0.2) is 0 Å². The lowest BCUT2D eigenvalue weighted by molar-refractivity contribution is 0.0485. The number of nitrogens with one attached hydrogen (secondary N) is 1. The summed E-state index contributed by atoms with van der Waals surface area (Å²) in [6.45, 7) is 6.12. The van der Waals surface area contributed by atoms with Crippen LogP contribution in [0.25, 0.3) is 0 Å². The van der Waals surface area contributed by atoms with Crippen LogP contribution in [0.2, 0.25) is 0 Å². The Morgan fingerprint density at radius 2 is 1.84 bits per heavy atom. The molecule has 2 aromatic rings. The van der Waals surface area contributed by atoms with E-state index in [1.165, 1.54) is 11.1 Å². The van der Waals surface area contributed by atoms with E-state index in [2.05, 4.69) is 36.5 Å². The summed E-state index contributed by atoms with van der Waals surface area (Å²) in [5.41, 5.74) is 10.5. The van der Waals surface area contributed by atoms with Gasteiger partial charge in [0.05, 0.1) is 0 Å². The van der Waals surface area contributed by atoms with Gasteiger partial charge in [0.1, 0.15) is 0 Å². The SMILES string of the molecule is Cc1ccc(N)cc1C(=O)NCC1(c2ccccc2C)CCOCC1. The molecule has 0 bridgehead atoms. The Hall–Kier alpha value is -2.33. The molecule has 0 spiro atoms. The largest absolute Gasteiger partial charge is 0.399 e. The van der Waals surface area contributed by atoms with Crippen LogP contribution >= 0.6 is 0 Å². The second kappa shape index (κ2) is 7.28. The predicted molar refractivity (Wildman–Crippen MR) is 101 cm³/mol. The van der Waals surface area contributed by atoms with Crippen LogP contribution in [0.1, 0.15) is 39.9 Å². The fourth-order valence-corrected chi connectivity index (χ4v) is 3.70. The van der Waals surface area contributed by atoms with Gasteiger partial charge in [0.2, 0.25) is 0 Å². The Morgan fingerprint density at radius 1 is 1.12 bits per heavy atom. The van der Waals surface area contributed by atoms with Gasteiger partial charge in [-0.3, -0.25) is 4.79 Å². The first-order chi connectivity index (χ1) is 12.0. The molecule has 4 heteroatoms. The van der Waals surface area contributed by atoms with E-state index in [4.69, 9.17) is 10.5 Å². The van der Waals surface area contributed by atoms with Crippen LogP contribution in [0, 0.1) is 13.8 Å². The van der Waals surface area contributed by atoms with Crippen LogP contribution < -0.4 is 11.1 Å². The number of ether oxygens (including phenoxy) is 1. The van der Waals surface area contributed by atoms with Crippen molar-refractivity contribution >= 4 is 11.6 Å². The molecule has 3 N–H and O–H groups in total. The van der Waals surface area contributed by atoms with Gasteiger partial charge >= 0.3 is 0 Å². The Bertz CT molecular complexity index is 764. The van der Waals surface area contributed by atoms with Crippen LogP contribution in [-0.4, -0.2) is 25.7 Å². The number of carbonyl (C=O) groups excluding carboxylic acids is 1. The van der Waals surface area contributed by atoms with E-state index in [-0.39, 0.29) is 11.3 Å². The molecule has 25 heavy (non-hydrogen) atoms. The molecule has 1 fully saturated rings. The molecule has 1 heterocycles. The molecule has 1 aliphatic rings. The van der Waals surface area contributed by atoms with Crippen LogP contribution in [0.5, 0.6) is 0 Å². The fraction of sp³-hybridized carbons (Fsp3) is 0.381. The van der Waals surface area contributed by atoms with Crippen LogP contribution in [0.3, 0.4) is 0 Å². The molecule has 1 amide bonds. The van der Waals surface area contributed by atoms with Crippen molar-refractivity contribution in [3.8, 4) is 0 Å². The highest BCUT2D eigenvalue weighted by molar-refractivity contribution is 5.96. The summed E-state index contributed by atoms with van der Waals surface area (Å²) >= 11 is 0. The van der Waals surface area contributed by atoms with Crippen molar-refractivity contribution in [1.29, 1.82) is 0 Å². The van der Waals surface area contributed by atoms with Crippen molar-refractivity contribution in [3.63, 3.8) is 0 Å². The maximum absolute atomic E-state index is 12.7. The van der Waals surface area contributed by atoms with Gasteiger partial charge in [-0.25, -0.2) is 0 Å². The molecule has 0 aromatic heterocycles. The standard InChI is InChI=1S/C21H26N2O2/c1-15-7-8-17(22)13-18(15)20(24)23-14-21(9-11-25-12-10-21)19-6-4-3-5-16(19)2/h3-8,13H,9-12,14,22H2,1-2H3,(H,23,24). The second-order valence-electron chi connectivity index (χ2n) is 6.96. The lowest BCUT2D eigenvalue weighted by atomic mass is 9.72. The van der Waals surface area contributed by atoms with Gasteiger partial charge in [0, 0.05) is 36.4 Å². The lowest BCUT2D eigenvalue weighted by Gasteiger charge is -2.39. The third-order valence-corrected chi connectivity index (χ3v) is 5.26. The molecule has 3 rings (SSSR count). The number of hydrogen-bond donors (Lipinski definition) is 2. The Morgan fingerprint density at radius 3 is 2.56 bits per heavy atom. The van der Waals surface area contributed by atoms with E-state index in [9.17, 15) is 4.79 Å². The predicted octanol–water partition coefficient (Wildman–Crippen LogP) is 3.36. The van der Waals surface area contributed by atoms with Crippen molar-refractivity contribution in [2.75, 3.05) is 25.5 Å². The molecule has 2 aromatic carbocycles. The molecular formula is C21H26N2O2. The Balaban J connectivity index is 1.83. The molecule has 0 atom stereocenters. The average Bonchev–Trinajstić information content (AvgIpc) is 2.63. The summed E-state index contributed by atoms with van der Waals surface area (Å²) in [6.07, 6.45) is 1.82. The molecule has 0 unspecified atom stereocenters. The van der Waals surface area contributed by atoms with E-state index in [0.717, 1.165) is 31.6 Å². The zero-order valence-corrected chi connectivity index (χ0v) is 15.0. The smallest absolute Gasteiger partial charge is 0.251 e. The normalized spacial score (nSPS) is 16.4. The quantitative estimate of drug-likeness (QED) is 0.840. The van der Waals surface area contributed by atoms with Gasteiger partial charge < -0.3 is 15.8 Å². The molecule has 0 aliphatic carbocycles. The lowest BCUT2D eigenvalue weighted by Crippen LogP contribution is -2.45. The monoisotopic (exact) mass is 338 g/mol. The first kappa shape index (κ1) is 17.5. The maximum Gasteiger partial charge on any atom is 0.251 e. The van der Waals surface area contributed by atoms with Crippen LogP contribution in [-0.2, 0) is 10.2 Å². The summed E-state index contributed by atoms with van der Waals surface area (Å²) in [5.74, 6) is -0.0655. The molecular weight excluding hydrogens is 312 g/mol. The maximum atomic E-state index is 12.7. The third-order valence-electron chi connectivity index (χ3n) is 5.26. The molecule has 1 aliphatic heterocycles. The van der Waals surface area contributed by atoms with E-state index >= 15 is 0 Å². The minimum absolute atomic E-state index is 0.0655. The number of benzene rings is 2. The first-order valence-electron chi connectivity index (χ1n) is 8.80. The summed E-state index contributed by atoms with van der Waals surface area (Å²) < 4.78 is 5.58.